The van der Waals surface area contributed by atoms with E-state index in [1.165, 1.54) is 0 Å². The minimum absolute atomic E-state index is 1.66. The van der Waals surface area contributed by atoms with Crippen LogP contribution in [0.1, 0.15) is 6.42 Å². The van der Waals surface area contributed by atoms with E-state index in [0.29, 0.717) is 0 Å². The summed E-state index contributed by atoms with van der Waals surface area (Å²) >= 11 is 0. The van der Waals surface area contributed by atoms with Crippen LogP contribution in [0.25, 0.3) is 0 Å². The normalized spacial score (nSPS) is 15.4. The highest BCUT2D eigenvalue weighted by Crippen LogP contribution is 2.53. The lowest BCUT2D eigenvalue weighted by atomic mass is 10.0. The lowest BCUT2D eigenvalue weighted by Gasteiger charge is -2.33. The van der Waals surface area contributed by atoms with Gasteiger partial charge in [0, 0.05) is 13.0 Å². The van der Waals surface area contributed by atoms with Crippen LogP contribution in [0.15, 0.2) is 0 Å². The zero-order valence-electron chi connectivity index (χ0n) is 7.26. The van der Waals surface area contributed by atoms with Gasteiger partial charge in [-0.25, -0.2) is 0 Å². The fourth-order valence-electron chi connectivity index (χ4n) is 0.705. The maximum absolute atomic E-state index is 12.3. The van der Waals surface area contributed by atoms with Gasteiger partial charge in [-0.15, -0.1) is 0 Å². The van der Waals surface area contributed by atoms with Crippen molar-refractivity contribution >= 4 is 0 Å². The van der Waals surface area contributed by atoms with Gasteiger partial charge in [0.25, 0.3) is 0 Å². The van der Waals surface area contributed by atoms with E-state index in [2.05, 4.69) is 0 Å². The molecule has 16 heavy (non-hydrogen) atoms. The van der Waals surface area contributed by atoms with Crippen LogP contribution < -0.4 is 0 Å². The summed E-state index contributed by atoms with van der Waals surface area (Å²) < 4.78 is 108. The number of hydrogen-bond donors (Lipinski definition) is 1. The van der Waals surface area contributed by atoms with E-state index < -0.39 is 37.0 Å². The van der Waals surface area contributed by atoms with Crippen molar-refractivity contribution in [2.75, 3.05) is 6.61 Å². The molecule has 0 heterocycles. The van der Waals surface area contributed by atoms with Crippen LogP contribution in [-0.2, 0) is 0 Å². The van der Waals surface area contributed by atoms with Crippen molar-refractivity contribution in [2.24, 2.45) is 0 Å². The van der Waals surface area contributed by atoms with E-state index in [1.54, 1.807) is 0 Å². The average Bonchev–Trinajstić information content (AvgIpc) is 2.01. The van der Waals surface area contributed by atoms with Crippen LogP contribution >= 0.6 is 0 Å². The van der Waals surface area contributed by atoms with Crippen molar-refractivity contribution < 1.29 is 44.6 Å². The Kier molecular flexibility index (Phi) is 3.80. The minimum Gasteiger partial charge on any atom is -0.396 e. The largest absolute Gasteiger partial charge is 0.460 e. The zero-order chi connectivity index (χ0) is 13.4. The summed E-state index contributed by atoms with van der Waals surface area (Å²) in [6, 6.07) is 0. The monoisotopic (exact) mass is 264 g/mol. The molecule has 0 aliphatic carbocycles. The van der Waals surface area contributed by atoms with Gasteiger partial charge in [0.2, 0.25) is 0 Å². The van der Waals surface area contributed by atoms with Crippen molar-refractivity contribution in [3.8, 4) is 0 Å². The third-order valence-corrected chi connectivity index (χ3v) is 1.64. The maximum Gasteiger partial charge on any atom is 0.460 e. The Hall–Kier alpha value is -0.670. The van der Waals surface area contributed by atoms with Crippen molar-refractivity contribution in [1.82, 2.24) is 0 Å². The molecule has 0 aliphatic rings. The maximum atomic E-state index is 12.3. The van der Waals surface area contributed by atoms with Crippen molar-refractivity contribution in [3.05, 3.63) is 0 Å². The molecule has 0 rings (SSSR count). The number of halogens is 9. The molecule has 0 bridgehead atoms. The van der Waals surface area contributed by atoms with Crippen molar-refractivity contribution in [3.63, 3.8) is 0 Å². The van der Waals surface area contributed by atoms with Crippen LogP contribution in [0.3, 0.4) is 0 Å². The Morgan fingerprint density at radius 3 is 1.31 bits per heavy atom. The first-order valence-corrected chi connectivity index (χ1v) is 3.62. The fraction of sp³-hybridized carbons (Fsp3) is 1.00. The summed E-state index contributed by atoms with van der Waals surface area (Å²) in [5.74, 6) is -19.2. The molecule has 98 valence electrons. The standard InChI is InChI=1S/C6H5F9O/c7-3(8,1-2-16)4(9,10)5(11,12)6(13,14)15/h16H,1-2H2. The zero-order valence-corrected chi connectivity index (χ0v) is 7.26. The van der Waals surface area contributed by atoms with E-state index >= 15 is 0 Å². The van der Waals surface area contributed by atoms with Crippen LogP contribution in [0.2, 0.25) is 0 Å². The topological polar surface area (TPSA) is 20.2 Å². The van der Waals surface area contributed by atoms with E-state index in [0.717, 1.165) is 0 Å². The van der Waals surface area contributed by atoms with Crippen molar-refractivity contribution in [2.45, 2.75) is 30.4 Å². The molecule has 0 amide bonds. The molecule has 0 fully saturated rings. The van der Waals surface area contributed by atoms with Gasteiger partial charge in [-0.05, 0) is 0 Å². The highest BCUT2D eigenvalue weighted by molar-refractivity contribution is 5.00. The molecule has 0 spiro atoms. The summed E-state index contributed by atoms with van der Waals surface area (Å²) in [6.45, 7) is -1.66. The molecule has 0 saturated carbocycles. The van der Waals surface area contributed by atoms with E-state index in [1.807, 2.05) is 0 Å². The first-order chi connectivity index (χ1) is 6.81. The van der Waals surface area contributed by atoms with E-state index in [-0.39, 0.29) is 0 Å². The molecular weight excluding hydrogens is 259 g/mol. The van der Waals surface area contributed by atoms with Gasteiger partial charge in [0.15, 0.2) is 0 Å². The highest BCUT2D eigenvalue weighted by atomic mass is 19.4. The lowest BCUT2D eigenvalue weighted by molar-refractivity contribution is -0.397. The Balaban J connectivity index is 5.34. The Morgan fingerprint density at radius 1 is 0.688 bits per heavy atom. The molecule has 0 radical (unpaired) electrons. The number of aliphatic hydroxyl groups is 1. The predicted octanol–water partition coefficient (Wildman–Crippen LogP) is 2.84. The Morgan fingerprint density at radius 2 is 1.06 bits per heavy atom. The molecule has 0 unspecified atom stereocenters. The Bertz CT molecular complexity index is 243. The quantitative estimate of drug-likeness (QED) is 0.774. The first kappa shape index (κ1) is 15.3. The average molecular weight is 264 g/mol. The van der Waals surface area contributed by atoms with E-state index in [4.69, 9.17) is 5.11 Å². The number of alkyl halides is 9. The number of aliphatic hydroxyl groups excluding tert-OH is 1. The molecule has 0 aliphatic heterocycles. The molecular formula is C6H5F9O. The SMILES string of the molecule is OCCC(F)(F)C(F)(F)C(F)(F)C(F)(F)F. The molecule has 0 aromatic heterocycles. The number of rotatable bonds is 4. The van der Waals surface area contributed by atoms with Crippen LogP contribution in [0.4, 0.5) is 39.5 Å². The van der Waals surface area contributed by atoms with E-state index in [9.17, 15) is 39.5 Å². The summed E-state index contributed by atoms with van der Waals surface area (Å²) in [4.78, 5) is 0. The van der Waals surface area contributed by atoms with Gasteiger partial charge in [0.05, 0.1) is 0 Å². The minimum atomic E-state index is -6.88. The van der Waals surface area contributed by atoms with Crippen LogP contribution in [-0.4, -0.2) is 35.7 Å². The van der Waals surface area contributed by atoms with Gasteiger partial charge < -0.3 is 5.11 Å². The molecule has 0 atom stereocenters. The van der Waals surface area contributed by atoms with Crippen molar-refractivity contribution in [1.29, 1.82) is 0 Å². The summed E-state index contributed by atoms with van der Waals surface area (Å²) in [5.41, 5.74) is 0. The third kappa shape index (κ3) is 2.20. The Labute approximate surface area is 82.8 Å². The molecule has 0 saturated heterocycles. The molecule has 0 aromatic carbocycles. The first-order valence-electron chi connectivity index (χ1n) is 3.62. The van der Waals surface area contributed by atoms with Gasteiger partial charge in [-0.3, -0.25) is 0 Å². The smallest absolute Gasteiger partial charge is 0.396 e. The molecule has 1 N–H and O–H groups in total. The van der Waals surface area contributed by atoms with Gasteiger partial charge in [-0.1, -0.05) is 0 Å². The second kappa shape index (κ2) is 3.97. The second-order valence-corrected chi connectivity index (χ2v) is 2.82. The van der Waals surface area contributed by atoms with Crippen LogP contribution in [0, 0.1) is 0 Å². The molecule has 10 heteroatoms. The lowest BCUT2D eigenvalue weighted by Crippen LogP contribution is -2.61. The number of hydrogen-bond acceptors (Lipinski definition) is 1. The van der Waals surface area contributed by atoms with Crippen LogP contribution in [0.5, 0.6) is 0 Å². The molecule has 1 nitrogen and oxygen atoms in total. The molecule has 0 aromatic rings. The third-order valence-electron chi connectivity index (χ3n) is 1.64. The highest BCUT2D eigenvalue weighted by Gasteiger charge is 2.81. The predicted molar refractivity (Wildman–Crippen MR) is 32.6 cm³/mol. The summed E-state index contributed by atoms with van der Waals surface area (Å²) in [6.07, 6.45) is -9.01. The van der Waals surface area contributed by atoms with Gasteiger partial charge >= 0.3 is 23.9 Å². The van der Waals surface area contributed by atoms with Gasteiger partial charge in [-0.2, -0.15) is 39.5 Å². The summed E-state index contributed by atoms with van der Waals surface area (Å²) in [7, 11) is 0. The fourth-order valence-corrected chi connectivity index (χ4v) is 0.705. The second-order valence-electron chi connectivity index (χ2n) is 2.82. The van der Waals surface area contributed by atoms with Gasteiger partial charge in [0.1, 0.15) is 0 Å². The summed E-state index contributed by atoms with van der Waals surface area (Å²) in [5, 5.41) is 7.89.